The van der Waals surface area contributed by atoms with Gasteiger partial charge in [-0.25, -0.2) is 0 Å². The summed E-state index contributed by atoms with van der Waals surface area (Å²) in [5, 5.41) is 1.25. The zero-order valence-electron chi connectivity index (χ0n) is 17.7. The van der Waals surface area contributed by atoms with Crippen molar-refractivity contribution in [1.29, 1.82) is 0 Å². The fourth-order valence-corrected chi connectivity index (χ4v) is 5.01. The van der Waals surface area contributed by atoms with Gasteiger partial charge in [-0.2, -0.15) is 0 Å². The number of fused-ring (bicyclic) bond motifs is 3. The first kappa shape index (κ1) is 19.1. The molecular weight excluding hydrogens is 374 g/mol. The number of aromatic amines is 1. The average Bonchev–Trinajstić information content (AvgIpc) is 3.25. The summed E-state index contributed by atoms with van der Waals surface area (Å²) in [6.07, 6.45) is 1.12. The van der Waals surface area contributed by atoms with Gasteiger partial charge in [-0.3, -0.25) is 19.4 Å². The van der Waals surface area contributed by atoms with Crippen molar-refractivity contribution in [3.05, 3.63) is 70.9 Å². The van der Waals surface area contributed by atoms with Gasteiger partial charge >= 0.3 is 0 Å². The Kier molecular flexibility index (Phi) is 4.51. The molecule has 1 N–H and O–H groups in total. The maximum Gasteiger partial charge on any atom is 0.246 e. The van der Waals surface area contributed by atoms with Crippen LogP contribution in [-0.2, 0) is 16.0 Å². The number of imide groups is 1. The Morgan fingerprint density at radius 1 is 1.03 bits per heavy atom. The minimum absolute atomic E-state index is 0.0735. The lowest BCUT2D eigenvalue weighted by atomic mass is 9.89. The highest BCUT2D eigenvalue weighted by Crippen LogP contribution is 2.41. The first-order chi connectivity index (χ1) is 14.5. The van der Waals surface area contributed by atoms with Crippen LogP contribution in [0.2, 0.25) is 0 Å². The number of para-hydroxylation sites is 1. The molecule has 0 bridgehead atoms. The van der Waals surface area contributed by atoms with Gasteiger partial charge in [0.25, 0.3) is 0 Å². The maximum absolute atomic E-state index is 12.9. The molecule has 0 saturated carbocycles. The Bertz CT molecular complexity index is 1130. The third-order valence-electron chi connectivity index (χ3n) is 6.75. The average molecular weight is 402 g/mol. The monoisotopic (exact) mass is 401 g/mol. The van der Waals surface area contributed by atoms with Crippen LogP contribution in [0.4, 0.5) is 0 Å². The summed E-state index contributed by atoms with van der Waals surface area (Å²) in [5.74, 6) is 0.275. The topological polar surface area (TPSA) is 56.4 Å². The molecule has 1 aromatic heterocycles. The minimum atomic E-state index is -0.406. The number of likely N-dealkylation sites (tertiary alicyclic amines) is 1. The van der Waals surface area contributed by atoms with Crippen LogP contribution in [0, 0.1) is 0 Å². The number of hydrogen-bond donors (Lipinski definition) is 1. The number of amides is 2. The van der Waals surface area contributed by atoms with Crippen molar-refractivity contribution in [3.8, 4) is 0 Å². The van der Waals surface area contributed by atoms with E-state index < -0.39 is 6.04 Å². The zero-order chi connectivity index (χ0) is 21.0. The van der Waals surface area contributed by atoms with E-state index in [4.69, 9.17) is 0 Å². The van der Waals surface area contributed by atoms with Crippen LogP contribution < -0.4 is 0 Å². The van der Waals surface area contributed by atoms with E-state index in [1.165, 1.54) is 21.4 Å². The highest BCUT2D eigenvalue weighted by atomic mass is 16.2. The van der Waals surface area contributed by atoms with Crippen LogP contribution in [0.5, 0.6) is 0 Å². The largest absolute Gasteiger partial charge is 0.357 e. The predicted molar refractivity (Wildman–Crippen MR) is 117 cm³/mol. The molecule has 30 heavy (non-hydrogen) atoms. The van der Waals surface area contributed by atoms with E-state index in [1.54, 1.807) is 7.05 Å². The van der Waals surface area contributed by atoms with E-state index in [0.29, 0.717) is 5.92 Å². The molecule has 5 heteroatoms. The van der Waals surface area contributed by atoms with Gasteiger partial charge in [-0.1, -0.05) is 56.3 Å². The molecule has 154 valence electrons. The van der Waals surface area contributed by atoms with E-state index in [-0.39, 0.29) is 24.3 Å². The van der Waals surface area contributed by atoms with Crippen LogP contribution in [-0.4, -0.2) is 46.2 Å². The molecule has 5 nitrogen and oxygen atoms in total. The van der Waals surface area contributed by atoms with E-state index in [0.717, 1.165) is 29.7 Å². The molecule has 0 radical (unpaired) electrons. The third kappa shape index (κ3) is 2.88. The van der Waals surface area contributed by atoms with Crippen molar-refractivity contribution in [2.24, 2.45) is 0 Å². The van der Waals surface area contributed by atoms with Crippen LogP contribution in [0.3, 0.4) is 0 Å². The van der Waals surface area contributed by atoms with Crippen LogP contribution in [0.15, 0.2) is 48.5 Å². The van der Waals surface area contributed by atoms with Gasteiger partial charge in [0, 0.05) is 30.2 Å². The maximum atomic E-state index is 12.9. The normalized spacial score (nSPS) is 22.3. The SMILES string of the molecule is CC(C)c1ccc([C@@H]2c3[nH]c4ccccc4c3CCN2[C@@H]2CC(=O)N(C)C2=O)cc1. The molecule has 5 rings (SSSR count). The quantitative estimate of drug-likeness (QED) is 0.675. The highest BCUT2D eigenvalue weighted by molar-refractivity contribution is 6.05. The fraction of sp³-hybridized carbons (Fsp3) is 0.360. The Hall–Kier alpha value is -2.92. The van der Waals surface area contributed by atoms with Gasteiger partial charge in [-0.05, 0) is 35.1 Å². The number of rotatable bonds is 3. The van der Waals surface area contributed by atoms with Crippen molar-refractivity contribution in [2.45, 2.75) is 44.7 Å². The predicted octanol–water partition coefficient (Wildman–Crippen LogP) is 4.00. The van der Waals surface area contributed by atoms with E-state index in [1.807, 2.05) is 6.07 Å². The molecule has 1 fully saturated rings. The second kappa shape index (κ2) is 7.10. The number of benzene rings is 2. The molecule has 2 aliphatic heterocycles. The van der Waals surface area contributed by atoms with Gasteiger partial charge < -0.3 is 4.98 Å². The van der Waals surface area contributed by atoms with Crippen molar-refractivity contribution in [3.63, 3.8) is 0 Å². The molecule has 3 aromatic rings. The third-order valence-corrected chi connectivity index (χ3v) is 6.75. The number of likely N-dealkylation sites (N-methyl/N-ethyl adjacent to an activating group) is 1. The first-order valence-corrected chi connectivity index (χ1v) is 10.7. The summed E-state index contributed by atoms with van der Waals surface area (Å²) in [7, 11) is 1.59. The summed E-state index contributed by atoms with van der Waals surface area (Å²) in [4.78, 5) is 32.3. The molecular formula is C25H27N3O2. The Morgan fingerprint density at radius 2 is 1.77 bits per heavy atom. The molecule has 3 heterocycles. The second-order valence-electron chi connectivity index (χ2n) is 8.79. The van der Waals surface area contributed by atoms with Crippen molar-refractivity contribution in [2.75, 3.05) is 13.6 Å². The van der Waals surface area contributed by atoms with E-state index >= 15 is 0 Å². The second-order valence-corrected chi connectivity index (χ2v) is 8.79. The summed E-state index contributed by atoms with van der Waals surface area (Å²) in [6, 6.07) is 16.6. The summed E-state index contributed by atoms with van der Waals surface area (Å²) < 4.78 is 0. The number of carbonyl (C=O) groups is 2. The number of H-pyrrole nitrogens is 1. The fourth-order valence-electron chi connectivity index (χ4n) is 5.01. The highest BCUT2D eigenvalue weighted by Gasteiger charge is 2.45. The van der Waals surface area contributed by atoms with Crippen LogP contribution in [0.25, 0.3) is 10.9 Å². The summed E-state index contributed by atoms with van der Waals surface area (Å²) >= 11 is 0. The molecule has 2 aromatic carbocycles. The van der Waals surface area contributed by atoms with E-state index in [9.17, 15) is 9.59 Å². The number of hydrogen-bond acceptors (Lipinski definition) is 3. The number of nitrogens with one attached hydrogen (secondary N) is 1. The first-order valence-electron chi connectivity index (χ1n) is 10.7. The Balaban J connectivity index is 1.64. The number of carbonyl (C=O) groups excluding carboxylic acids is 2. The number of aromatic nitrogens is 1. The summed E-state index contributed by atoms with van der Waals surface area (Å²) in [5.41, 5.74) is 6.05. The van der Waals surface area contributed by atoms with E-state index in [2.05, 4.69) is 66.2 Å². The lowest BCUT2D eigenvalue weighted by Crippen LogP contribution is -2.46. The Morgan fingerprint density at radius 3 is 2.43 bits per heavy atom. The van der Waals surface area contributed by atoms with Crippen LogP contribution in [0.1, 0.15) is 54.6 Å². The number of nitrogens with zero attached hydrogens (tertiary/aromatic N) is 2. The molecule has 0 aliphatic carbocycles. The molecule has 2 atom stereocenters. The molecule has 2 amide bonds. The molecule has 2 aliphatic rings. The Labute approximate surface area is 176 Å². The van der Waals surface area contributed by atoms with Crippen molar-refractivity contribution >= 4 is 22.7 Å². The standard InChI is InChI=1S/C25H27N3O2/c1-15(2)16-8-10-17(11-9-16)24-23-19(18-6-4-5-7-20(18)26-23)12-13-28(24)21-14-22(29)27(3)25(21)30/h4-11,15,21,24,26H,12-14H2,1-3H3/t21-,24-/m1/s1. The summed E-state index contributed by atoms with van der Waals surface area (Å²) in [6.45, 7) is 5.13. The lowest BCUT2D eigenvalue weighted by molar-refractivity contribution is -0.138. The van der Waals surface area contributed by atoms with Crippen LogP contribution >= 0.6 is 0 Å². The van der Waals surface area contributed by atoms with Gasteiger partial charge in [0.15, 0.2) is 0 Å². The molecule has 0 unspecified atom stereocenters. The smallest absolute Gasteiger partial charge is 0.246 e. The van der Waals surface area contributed by atoms with Crippen molar-refractivity contribution in [1.82, 2.24) is 14.8 Å². The zero-order valence-corrected chi connectivity index (χ0v) is 17.7. The van der Waals surface area contributed by atoms with Crippen molar-refractivity contribution < 1.29 is 9.59 Å². The van der Waals surface area contributed by atoms with Gasteiger partial charge in [0.05, 0.1) is 18.5 Å². The molecule has 0 spiro atoms. The van der Waals surface area contributed by atoms with Gasteiger partial charge in [-0.15, -0.1) is 0 Å². The van der Waals surface area contributed by atoms with Gasteiger partial charge in [0.1, 0.15) is 0 Å². The molecule has 1 saturated heterocycles. The van der Waals surface area contributed by atoms with Gasteiger partial charge in [0.2, 0.25) is 11.8 Å². The lowest BCUT2D eigenvalue weighted by Gasteiger charge is -2.39. The minimum Gasteiger partial charge on any atom is -0.357 e.